The summed E-state index contributed by atoms with van der Waals surface area (Å²) < 4.78 is 54.1. The molecule has 45 heavy (non-hydrogen) atoms. The first-order chi connectivity index (χ1) is 21.5. The number of halogens is 3. The number of benzene rings is 2. The fourth-order valence-electron chi connectivity index (χ4n) is 5.04. The highest BCUT2D eigenvalue weighted by atomic mass is 19.4. The number of nitrogens with one attached hydrogen (secondary N) is 1. The molecule has 2 aromatic heterocycles. The van der Waals surface area contributed by atoms with Crippen molar-refractivity contribution in [3.05, 3.63) is 111 Å². The Morgan fingerprint density at radius 1 is 1.18 bits per heavy atom. The van der Waals surface area contributed by atoms with E-state index in [0.29, 0.717) is 22.4 Å². The molecule has 232 valence electrons. The third kappa shape index (κ3) is 6.39. The van der Waals surface area contributed by atoms with E-state index >= 15 is 0 Å². The molecule has 0 aliphatic carbocycles. The van der Waals surface area contributed by atoms with Crippen molar-refractivity contribution in [1.29, 1.82) is 5.26 Å². The predicted octanol–water partition coefficient (Wildman–Crippen LogP) is 2.36. The Kier molecular flexibility index (Phi) is 9.37. The van der Waals surface area contributed by atoms with Crippen molar-refractivity contribution >= 4 is 24.1 Å². The van der Waals surface area contributed by atoms with Crippen LogP contribution in [0.5, 0.6) is 5.75 Å². The summed E-state index contributed by atoms with van der Waals surface area (Å²) in [4.78, 5) is 36.2. The number of anilines is 2. The Morgan fingerprint density at radius 3 is 2.47 bits per heavy atom. The lowest BCUT2D eigenvalue weighted by atomic mass is 9.90. The largest absolute Gasteiger partial charge is 0.554 e. The van der Waals surface area contributed by atoms with Gasteiger partial charge in [-0.25, -0.2) is 23.8 Å². The molecule has 4 aromatic rings. The van der Waals surface area contributed by atoms with Crippen LogP contribution in [0, 0.1) is 11.3 Å². The Balaban J connectivity index is 0.00000148. The van der Waals surface area contributed by atoms with E-state index in [2.05, 4.69) is 16.3 Å². The molecular formula is C30H25F3N6O6. The van der Waals surface area contributed by atoms with Crippen LogP contribution in [0.25, 0.3) is 0 Å². The maximum absolute atomic E-state index is 13.6. The number of hydrogen-bond donors (Lipinski definition) is 1. The predicted molar refractivity (Wildman–Crippen MR) is 149 cm³/mol. The van der Waals surface area contributed by atoms with Crippen LogP contribution in [0.15, 0.2) is 83.1 Å². The number of carboxylic acid groups (broad SMARTS) is 1. The van der Waals surface area contributed by atoms with Gasteiger partial charge in [0.2, 0.25) is 5.95 Å². The number of hydrogen-bond acceptors (Lipinski definition) is 9. The average molecular weight is 623 g/mol. The minimum atomic E-state index is -4.63. The van der Waals surface area contributed by atoms with E-state index in [0.717, 1.165) is 12.1 Å². The van der Waals surface area contributed by atoms with Gasteiger partial charge >= 0.3 is 17.8 Å². The van der Waals surface area contributed by atoms with Gasteiger partial charge in [0.1, 0.15) is 11.8 Å². The molecule has 5 rings (SSSR count). The molecule has 0 bridgehead atoms. The quantitative estimate of drug-likeness (QED) is 0.194. The number of carbonyl (C=O) groups excluding carboxylic acids is 2. The molecule has 1 aliphatic heterocycles. The highest BCUT2D eigenvalue weighted by Crippen LogP contribution is 2.43. The molecule has 1 N–H and O–H groups in total. The van der Waals surface area contributed by atoms with E-state index in [1.165, 1.54) is 28.7 Å². The normalized spacial score (nSPS) is 14.1. The second-order valence-corrected chi connectivity index (χ2v) is 9.51. The Hall–Kier alpha value is -5.91. The van der Waals surface area contributed by atoms with Crippen molar-refractivity contribution in [2.24, 2.45) is 0 Å². The summed E-state index contributed by atoms with van der Waals surface area (Å²) in [5.74, 6) is -0.178. The van der Waals surface area contributed by atoms with E-state index in [1.807, 2.05) is 4.57 Å². The first-order valence-corrected chi connectivity index (χ1v) is 13.0. The molecule has 15 heteroatoms. The van der Waals surface area contributed by atoms with Gasteiger partial charge in [-0.2, -0.15) is 18.4 Å². The molecule has 0 amide bonds. The third-order valence-electron chi connectivity index (χ3n) is 7.00. The lowest BCUT2D eigenvalue weighted by Gasteiger charge is -2.36. The minimum absolute atomic E-state index is 0.0107. The van der Waals surface area contributed by atoms with Crippen molar-refractivity contribution in [3.8, 4) is 11.8 Å². The second-order valence-electron chi connectivity index (χ2n) is 9.51. The summed E-state index contributed by atoms with van der Waals surface area (Å²) in [5.41, 5.74) is 0.0981. The number of H-pyrrole nitrogens is 1. The van der Waals surface area contributed by atoms with Gasteiger partial charge in [-0.05, 0) is 42.8 Å². The molecule has 1 atom stereocenters. The van der Waals surface area contributed by atoms with Crippen LogP contribution in [-0.4, -0.2) is 41.4 Å². The zero-order valence-corrected chi connectivity index (χ0v) is 24.0. The number of nitrogens with zero attached hydrogens (tertiary/aromatic N) is 5. The average Bonchev–Trinajstić information content (AvgIpc) is 3.41. The Labute approximate surface area is 253 Å². The second kappa shape index (κ2) is 13.2. The summed E-state index contributed by atoms with van der Waals surface area (Å²) in [7, 11) is 2.72. The molecule has 12 nitrogen and oxygen atoms in total. The van der Waals surface area contributed by atoms with Gasteiger partial charge in [-0.3, -0.25) is 4.90 Å². The number of aromatic nitrogens is 4. The Bertz CT molecular complexity index is 1860. The van der Waals surface area contributed by atoms with Gasteiger partial charge in [0, 0.05) is 35.6 Å². The highest BCUT2D eigenvalue weighted by Gasteiger charge is 2.41. The van der Waals surface area contributed by atoms with E-state index < -0.39 is 35.9 Å². The van der Waals surface area contributed by atoms with E-state index in [1.54, 1.807) is 56.8 Å². The molecule has 2 aromatic carbocycles. The number of aromatic amines is 1. The number of fused-ring (bicyclic) bond motifs is 1. The molecule has 0 spiro atoms. The molecule has 0 fully saturated rings. The highest BCUT2D eigenvalue weighted by molar-refractivity contribution is 5.93. The van der Waals surface area contributed by atoms with Gasteiger partial charge in [0.15, 0.2) is 18.9 Å². The number of methoxy groups -OCH3 is 2. The SMILES string of the molecule is COC(=O)C1=C(C)N(c2cccc(C(F)(F)F)c2)c2n[nH]c(=O)n2C1c1ccc(C#N)cc1C[n+]1ccc(OC)cc1.O=C[O-]. The lowest BCUT2D eigenvalue weighted by Crippen LogP contribution is -2.39. The first kappa shape index (κ1) is 32.0. The van der Waals surface area contributed by atoms with Crippen LogP contribution in [0.4, 0.5) is 24.8 Å². The molecule has 1 aliphatic rings. The molecular weight excluding hydrogens is 597 g/mol. The fourth-order valence-corrected chi connectivity index (χ4v) is 5.04. The monoisotopic (exact) mass is 622 g/mol. The van der Waals surface area contributed by atoms with Crippen molar-refractivity contribution in [2.45, 2.75) is 25.7 Å². The number of carbonyl (C=O) groups is 2. The maximum Gasteiger partial charge on any atom is 0.416 e. The van der Waals surface area contributed by atoms with Crippen molar-refractivity contribution in [3.63, 3.8) is 0 Å². The zero-order chi connectivity index (χ0) is 32.9. The fraction of sp³-hybridized carbons (Fsp3) is 0.200. The van der Waals surface area contributed by atoms with Crippen molar-refractivity contribution in [1.82, 2.24) is 14.8 Å². The summed E-state index contributed by atoms with van der Waals surface area (Å²) in [5, 5.41) is 24.4. The number of esters is 1. The first-order valence-electron chi connectivity index (χ1n) is 13.0. The number of pyridine rings is 1. The van der Waals surface area contributed by atoms with Crippen molar-refractivity contribution in [2.75, 3.05) is 19.1 Å². The summed E-state index contributed by atoms with van der Waals surface area (Å²) >= 11 is 0. The Morgan fingerprint density at radius 2 is 1.87 bits per heavy atom. The molecule has 1 unspecified atom stereocenters. The molecule has 3 heterocycles. The van der Waals surface area contributed by atoms with Crippen LogP contribution in [0.2, 0.25) is 0 Å². The summed E-state index contributed by atoms with van der Waals surface area (Å²) in [6.45, 7) is 1.29. The smallest absolute Gasteiger partial charge is 0.416 e. The number of alkyl halides is 3. The zero-order valence-electron chi connectivity index (χ0n) is 24.0. The van der Waals surface area contributed by atoms with Crippen molar-refractivity contribution < 1.29 is 41.9 Å². The van der Waals surface area contributed by atoms with Crippen LogP contribution >= 0.6 is 0 Å². The summed E-state index contributed by atoms with van der Waals surface area (Å²) in [6.07, 6.45) is -1.08. The van der Waals surface area contributed by atoms with Gasteiger partial charge in [-0.1, -0.05) is 12.1 Å². The van der Waals surface area contributed by atoms with Gasteiger partial charge in [0.25, 0.3) is 0 Å². The van der Waals surface area contributed by atoms with E-state index in [-0.39, 0.29) is 29.5 Å². The molecule has 0 radical (unpaired) electrons. The number of allylic oxidation sites excluding steroid dienone is 1. The topological polar surface area (TPSA) is 157 Å². The molecule has 0 saturated heterocycles. The van der Waals surface area contributed by atoms with E-state index in [4.69, 9.17) is 19.4 Å². The number of rotatable bonds is 6. The minimum Gasteiger partial charge on any atom is -0.554 e. The summed E-state index contributed by atoms with van der Waals surface area (Å²) in [6, 6.07) is 13.9. The number of nitriles is 1. The van der Waals surface area contributed by atoms with Crippen LogP contribution < -0.4 is 25.0 Å². The van der Waals surface area contributed by atoms with E-state index in [9.17, 15) is 28.0 Å². The maximum atomic E-state index is 13.6. The standard InChI is InChI=1S/C29H23F3N6O4.CH2O2/c1-17-24(26(39)42-3)25(23-8-7-18(15-33)13-19(23)16-36-11-9-22(41-2)10-12-36)38-27(34-35-28(38)40)37(17)21-6-4-5-20(14-21)29(30,31)32;2-1-3/h4-14,25H,16H2,1-3H3;1H,(H,2,3). The number of ether oxygens (including phenoxy) is 2. The third-order valence-corrected chi connectivity index (χ3v) is 7.00. The van der Waals surface area contributed by atoms with Crippen LogP contribution in [-0.2, 0) is 27.0 Å². The van der Waals surface area contributed by atoms with Crippen LogP contribution in [0.1, 0.15) is 35.2 Å². The van der Waals surface area contributed by atoms with Gasteiger partial charge in [0.05, 0.1) is 37.0 Å². The lowest BCUT2D eigenvalue weighted by molar-refractivity contribution is -0.688. The van der Waals surface area contributed by atoms with Gasteiger partial charge < -0.3 is 19.4 Å². The van der Waals surface area contributed by atoms with Crippen LogP contribution in [0.3, 0.4) is 0 Å². The van der Waals surface area contributed by atoms with Gasteiger partial charge in [-0.15, -0.1) is 5.10 Å². The molecule has 0 saturated carbocycles.